The fourth-order valence-corrected chi connectivity index (χ4v) is 5.81. The largest absolute Gasteiger partial charge is 0.309 e. The van der Waals surface area contributed by atoms with Gasteiger partial charge in [0.15, 0.2) is 9.84 Å². The van der Waals surface area contributed by atoms with Gasteiger partial charge in [0.1, 0.15) is 0 Å². The van der Waals surface area contributed by atoms with E-state index in [4.69, 9.17) is 0 Å². The summed E-state index contributed by atoms with van der Waals surface area (Å²) in [6.07, 6.45) is 1.92. The van der Waals surface area contributed by atoms with Crippen molar-refractivity contribution in [3.05, 3.63) is 83.9 Å². The van der Waals surface area contributed by atoms with Crippen LogP contribution in [0.2, 0.25) is 0 Å². The van der Waals surface area contributed by atoms with Gasteiger partial charge in [0.2, 0.25) is 5.91 Å². The highest BCUT2D eigenvalue weighted by atomic mass is 32.2. The Labute approximate surface area is 207 Å². The molecule has 1 aliphatic carbocycles. The standard InChI is InChI=1S/C28H30N2O4S/c1-4-29(24-12-8-20(2)9-13-24)28(32)23-6-5-7-26(18-23)30(21(3)31)25-14-16-27(17-15-25)35(33,34)19-22-10-11-22/h5-9,12-18,22H,4,10-11,19H2,1-3H3. The van der Waals surface area contributed by atoms with E-state index < -0.39 is 9.84 Å². The molecule has 0 saturated heterocycles. The van der Waals surface area contributed by atoms with Gasteiger partial charge in [-0.05, 0) is 87.2 Å². The van der Waals surface area contributed by atoms with E-state index in [1.54, 1.807) is 53.4 Å². The van der Waals surface area contributed by atoms with Crippen LogP contribution in [0.15, 0.2) is 77.7 Å². The smallest absolute Gasteiger partial charge is 0.258 e. The highest BCUT2D eigenvalue weighted by Gasteiger charge is 2.29. The molecule has 3 aromatic rings. The predicted molar refractivity (Wildman–Crippen MR) is 139 cm³/mol. The molecule has 0 N–H and O–H groups in total. The van der Waals surface area contributed by atoms with Crippen LogP contribution < -0.4 is 9.80 Å². The first-order chi connectivity index (χ1) is 16.7. The topological polar surface area (TPSA) is 74.8 Å². The van der Waals surface area contributed by atoms with E-state index in [1.807, 2.05) is 38.1 Å². The van der Waals surface area contributed by atoms with Crippen LogP contribution in [0.3, 0.4) is 0 Å². The molecule has 3 aromatic carbocycles. The van der Waals surface area contributed by atoms with Crippen molar-refractivity contribution >= 4 is 38.7 Å². The number of hydrogen-bond donors (Lipinski definition) is 0. The molecule has 0 spiro atoms. The van der Waals surface area contributed by atoms with Gasteiger partial charge in [0, 0.05) is 36.1 Å². The van der Waals surface area contributed by atoms with Crippen molar-refractivity contribution in [3.8, 4) is 0 Å². The molecule has 0 bridgehead atoms. The molecule has 6 nitrogen and oxygen atoms in total. The molecule has 0 unspecified atom stereocenters. The fraction of sp³-hybridized carbons (Fsp3) is 0.286. The van der Waals surface area contributed by atoms with Crippen LogP contribution >= 0.6 is 0 Å². The Hall–Kier alpha value is -3.45. The number of nitrogens with zero attached hydrogens (tertiary/aromatic N) is 2. The first kappa shape index (κ1) is 24.7. The van der Waals surface area contributed by atoms with Crippen molar-refractivity contribution in [1.82, 2.24) is 0 Å². The maximum Gasteiger partial charge on any atom is 0.258 e. The van der Waals surface area contributed by atoms with Crippen molar-refractivity contribution in [2.24, 2.45) is 5.92 Å². The normalized spacial score (nSPS) is 13.3. The molecule has 0 heterocycles. The lowest BCUT2D eigenvalue weighted by Crippen LogP contribution is -2.31. The summed E-state index contributed by atoms with van der Waals surface area (Å²) in [5.74, 6) is 0.0236. The summed E-state index contributed by atoms with van der Waals surface area (Å²) in [6, 6.07) is 21.1. The number of amides is 2. The molecule has 2 amide bonds. The first-order valence-corrected chi connectivity index (χ1v) is 13.5. The third kappa shape index (κ3) is 5.62. The van der Waals surface area contributed by atoms with Gasteiger partial charge >= 0.3 is 0 Å². The van der Waals surface area contributed by atoms with Gasteiger partial charge in [-0.3, -0.25) is 14.5 Å². The number of rotatable bonds is 8. The molecule has 1 saturated carbocycles. The lowest BCUT2D eigenvalue weighted by molar-refractivity contribution is -0.115. The quantitative estimate of drug-likeness (QED) is 0.416. The second-order valence-corrected chi connectivity index (χ2v) is 11.0. The Morgan fingerprint density at radius 2 is 1.51 bits per heavy atom. The molecule has 0 aliphatic heterocycles. The van der Waals surface area contributed by atoms with Crippen molar-refractivity contribution in [2.75, 3.05) is 22.1 Å². The summed E-state index contributed by atoms with van der Waals surface area (Å²) in [6.45, 7) is 5.86. The van der Waals surface area contributed by atoms with Crippen LogP contribution in [-0.2, 0) is 14.6 Å². The zero-order valence-corrected chi connectivity index (χ0v) is 21.1. The maximum atomic E-state index is 13.3. The number of carbonyl (C=O) groups excluding carboxylic acids is 2. The van der Waals surface area contributed by atoms with Crippen LogP contribution in [0.25, 0.3) is 0 Å². The molecule has 7 heteroatoms. The fourth-order valence-electron chi connectivity index (χ4n) is 4.11. The maximum absolute atomic E-state index is 13.3. The van der Waals surface area contributed by atoms with Gasteiger partial charge in [0.25, 0.3) is 5.91 Å². The van der Waals surface area contributed by atoms with Crippen molar-refractivity contribution < 1.29 is 18.0 Å². The Kier molecular flexibility index (Phi) is 7.08. The summed E-state index contributed by atoms with van der Waals surface area (Å²) >= 11 is 0. The lowest BCUT2D eigenvalue weighted by atomic mass is 10.1. The average Bonchev–Trinajstić information content (AvgIpc) is 3.64. The van der Waals surface area contributed by atoms with E-state index in [0.717, 1.165) is 24.1 Å². The SMILES string of the molecule is CCN(C(=O)c1cccc(N(C(C)=O)c2ccc(S(=O)(=O)CC3CC3)cc2)c1)c1ccc(C)cc1. The molecule has 1 fully saturated rings. The molecule has 0 atom stereocenters. The van der Waals surface area contributed by atoms with E-state index in [-0.39, 0.29) is 28.4 Å². The van der Waals surface area contributed by atoms with Gasteiger partial charge in [-0.25, -0.2) is 8.42 Å². The van der Waals surface area contributed by atoms with Gasteiger partial charge in [-0.1, -0.05) is 23.8 Å². The summed E-state index contributed by atoms with van der Waals surface area (Å²) < 4.78 is 25.2. The molecule has 1 aliphatic rings. The minimum absolute atomic E-state index is 0.164. The molecule has 4 rings (SSSR count). The summed E-state index contributed by atoms with van der Waals surface area (Å²) in [4.78, 5) is 29.4. The van der Waals surface area contributed by atoms with E-state index in [1.165, 1.54) is 11.8 Å². The number of hydrogen-bond acceptors (Lipinski definition) is 4. The molecular weight excluding hydrogens is 460 g/mol. The zero-order chi connectivity index (χ0) is 25.2. The van der Waals surface area contributed by atoms with Crippen molar-refractivity contribution in [2.45, 2.75) is 38.5 Å². The van der Waals surface area contributed by atoms with Crippen LogP contribution in [0, 0.1) is 12.8 Å². The third-order valence-corrected chi connectivity index (χ3v) is 8.08. The third-order valence-electron chi connectivity index (χ3n) is 6.18. The Morgan fingerprint density at radius 3 is 2.09 bits per heavy atom. The summed E-state index contributed by atoms with van der Waals surface area (Å²) in [5, 5.41) is 0. The number of benzene rings is 3. The molecular formula is C28H30N2O4S. The van der Waals surface area contributed by atoms with E-state index >= 15 is 0 Å². The van der Waals surface area contributed by atoms with Gasteiger partial charge < -0.3 is 4.90 Å². The van der Waals surface area contributed by atoms with Crippen LogP contribution in [0.5, 0.6) is 0 Å². The Morgan fingerprint density at radius 1 is 0.886 bits per heavy atom. The highest BCUT2D eigenvalue weighted by molar-refractivity contribution is 7.91. The number of carbonyl (C=O) groups is 2. The average molecular weight is 491 g/mol. The Bertz CT molecular complexity index is 1330. The number of sulfone groups is 1. The Balaban J connectivity index is 1.62. The monoisotopic (exact) mass is 490 g/mol. The van der Waals surface area contributed by atoms with Crippen molar-refractivity contribution in [1.29, 1.82) is 0 Å². The molecule has 182 valence electrons. The summed E-state index contributed by atoms with van der Waals surface area (Å²) in [7, 11) is -3.34. The molecule has 0 aromatic heterocycles. The lowest BCUT2D eigenvalue weighted by Gasteiger charge is -2.24. The number of anilines is 3. The van der Waals surface area contributed by atoms with Gasteiger partial charge in [0.05, 0.1) is 10.6 Å². The molecule has 0 radical (unpaired) electrons. The van der Waals surface area contributed by atoms with Gasteiger partial charge in [-0.2, -0.15) is 0 Å². The summed E-state index contributed by atoms with van der Waals surface area (Å²) in [5.41, 5.74) is 3.46. The number of aryl methyl sites for hydroxylation is 1. The zero-order valence-electron chi connectivity index (χ0n) is 20.3. The van der Waals surface area contributed by atoms with Gasteiger partial charge in [-0.15, -0.1) is 0 Å². The van der Waals surface area contributed by atoms with Crippen LogP contribution in [0.4, 0.5) is 17.1 Å². The molecule has 35 heavy (non-hydrogen) atoms. The van der Waals surface area contributed by atoms with E-state index in [9.17, 15) is 18.0 Å². The minimum atomic E-state index is -3.34. The highest BCUT2D eigenvalue weighted by Crippen LogP contribution is 2.33. The predicted octanol–water partition coefficient (Wildman–Crippen LogP) is 5.53. The second-order valence-electron chi connectivity index (χ2n) is 9.01. The first-order valence-electron chi connectivity index (χ1n) is 11.8. The van der Waals surface area contributed by atoms with E-state index in [2.05, 4.69) is 0 Å². The van der Waals surface area contributed by atoms with Crippen molar-refractivity contribution in [3.63, 3.8) is 0 Å². The minimum Gasteiger partial charge on any atom is -0.309 e. The second kappa shape index (κ2) is 10.0. The van der Waals surface area contributed by atoms with Crippen LogP contribution in [0.1, 0.15) is 42.6 Å². The van der Waals surface area contributed by atoms with E-state index in [0.29, 0.717) is 23.5 Å². The van der Waals surface area contributed by atoms with Crippen LogP contribution in [-0.4, -0.2) is 32.5 Å².